The van der Waals surface area contributed by atoms with Gasteiger partial charge in [0.25, 0.3) is 0 Å². The highest BCUT2D eigenvalue weighted by Gasteiger charge is 2.10. The van der Waals surface area contributed by atoms with Crippen molar-refractivity contribution in [2.75, 3.05) is 5.73 Å². The molecule has 0 saturated heterocycles. The van der Waals surface area contributed by atoms with E-state index in [1.54, 1.807) is 30.0 Å². The summed E-state index contributed by atoms with van der Waals surface area (Å²) in [6, 6.07) is 4.78. The van der Waals surface area contributed by atoms with Crippen molar-refractivity contribution >= 4 is 5.82 Å². The number of hydrogen-bond acceptors (Lipinski definition) is 2. The molecule has 0 saturated carbocycles. The van der Waals surface area contributed by atoms with Crippen LogP contribution in [0.4, 0.5) is 10.2 Å². The molecule has 0 fully saturated rings. The predicted octanol–water partition coefficient (Wildman–Crippen LogP) is 2.21. The molecule has 2 rings (SSSR count). The van der Waals surface area contributed by atoms with E-state index >= 15 is 0 Å². The number of aromatic nitrogens is 2. The van der Waals surface area contributed by atoms with E-state index in [1.807, 2.05) is 0 Å². The molecule has 0 aliphatic rings. The molecule has 2 N–H and O–H groups in total. The third-order valence-corrected chi connectivity index (χ3v) is 2.57. The van der Waals surface area contributed by atoms with Gasteiger partial charge in [-0.15, -0.1) is 6.42 Å². The Hall–Kier alpha value is -2.28. The second-order valence-corrected chi connectivity index (χ2v) is 3.77. The fourth-order valence-electron chi connectivity index (χ4n) is 1.63. The van der Waals surface area contributed by atoms with Crippen molar-refractivity contribution in [3.63, 3.8) is 0 Å². The lowest BCUT2D eigenvalue weighted by molar-refractivity contribution is 0.619. The first-order chi connectivity index (χ1) is 8.13. The highest BCUT2D eigenvalue weighted by atomic mass is 19.1. The van der Waals surface area contributed by atoms with Crippen molar-refractivity contribution in [3.05, 3.63) is 35.9 Å². The van der Waals surface area contributed by atoms with Crippen LogP contribution in [0, 0.1) is 25.1 Å². The average molecular weight is 229 g/mol. The minimum atomic E-state index is -0.240. The maximum atomic E-state index is 13.2. The smallest absolute Gasteiger partial charge is 0.132 e. The van der Waals surface area contributed by atoms with Gasteiger partial charge >= 0.3 is 0 Å². The quantitative estimate of drug-likeness (QED) is 0.802. The number of aryl methyl sites for hydroxylation is 1. The Bertz CT molecular complexity index is 593. The van der Waals surface area contributed by atoms with Crippen LogP contribution in [0.1, 0.15) is 5.56 Å². The summed E-state index contributed by atoms with van der Waals surface area (Å²) in [5.74, 6) is 2.75. The van der Waals surface area contributed by atoms with Crippen molar-refractivity contribution in [2.45, 2.75) is 13.5 Å². The summed E-state index contributed by atoms with van der Waals surface area (Å²) < 4.78 is 14.8. The molecule has 1 aromatic carbocycles. The van der Waals surface area contributed by atoms with Gasteiger partial charge in [0.1, 0.15) is 17.3 Å². The lowest BCUT2D eigenvalue weighted by Crippen LogP contribution is -2.00. The van der Waals surface area contributed by atoms with Crippen LogP contribution < -0.4 is 5.73 Å². The number of terminal acetylenes is 1. The molecule has 3 nitrogen and oxygen atoms in total. The maximum absolute atomic E-state index is 13.2. The fourth-order valence-corrected chi connectivity index (χ4v) is 1.63. The van der Waals surface area contributed by atoms with Crippen LogP contribution in [0.25, 0.3) is 11.3 Å². The highest BCUT2D eigenvalue weighted by Crippen LogP contribution is 2.25. The van der Waals surface area contributed by atoms with E-state index in [0.29, 0.717) is 23.6 Å². The average Bonchev–Trinajstić information content (AvgIpc) is 2.66. The van der Waals surface area contributed by atoms with E-state index in [-0.39, 0.29) is 5.82 Å². The summed E-state index contributed by atoms with van der Waals surface area (Å²) in [5.41, 5.74) is 7.90. The summed E-state index contributed by atoms with van der Waals surface area (Å²) in [4.78, 5) is 4.20. The Morgan fingerprint density at radius 3 is 2.94 bits per heavy atom. The summed E-state index contributed by atoms with van der Waals surface area (Å²) in [7, 11) is 0. The minimum absolute atomic E-state index is 0.240. The summed E-state index contributed by atoms with van der Waals surface area (Å²) >= 11 is 0. The third kappa shape index (κ3) is 2.00. The Morgan fingerprint density at radius 1 is 1.53 bits per heavy atom. The van der Waals surface area contributed by atoms with Gasteiger partial charge in [-0.2, -0.15) is 0 Å². The van der Waals surface area contributed by atoms with Crippen LogP contribution in [-0.2, 0) is 6.54 Å². The van der Waals surface area contributed by atoms with E-state index in [0.717, 1.165) is 5.56 Å². The molecular formula is C13H12FN3. The second-order valence-electron chi connectivity index (χ2n) is 3.77. The Balaban J connectivity index is 2.47. The van der Waals surface area contributed by atoms with Crippen LogP contribution in [0.5, 0.6) is 0 Å². The number of halogens is 1. The standard InChI is InChI=1S/C13H12FN3/c1-3-6-17-8-16-12(13(17)15)10-4-5-11(14)9(2)7-10/h1,4-5,7-8H,6,15H2,2H3. The van der Waals surface area contributed by atoms with Gasteiger partial charge in [-0.25, -0.2) is 9.37 Å². The lowest BCUT2D eigenvalue weighted by Gasteiger charge is -2.03. The highest BCUT2D eigenvalue weighted by molar-refractivity contribution is 5.70. The zero-order chi connectivity index (χ0) is 12.4. The van der Waals surface area contributed by atoms with Gasteiger partial charge in [0.2, 0.25) is 0 Å². The molecule has 0 aliphatic carbocycles. The van der Waals surface area contributed by atoms with E-state index in [1.165, 1.54) is 6.07 Å². The molecule has 0 spiro atoms. The SMILES string of the molecule is C#CCn1cnc(-c2ccc(F)c(C)c2)c1N. The van der Waals surface area contributed by atoms with E-state index in [2.05, 4.69) is 10.9 Å². The van der Waals surface area contributed by atoms with Crippen LogP contribution in [0.15, 0.2) is 24.5 Å². The van der Waals surface area contributed by atoms with Crippen molar-refractivity contribution in [3.8, 4) is 23.6 Å². The second kappa shape index (κ2) is 4.30. The van der Waals surface area contributed by atoms with Crippen molar-refractivity contribution in [1.29, 1.82) is 0 Å². The topological polar surface area (TPSA) is 43.8 Å². The summed E-state index contributed by atoms with van der Waals surface area (Å²) in [5, 5.41) is 0. The first kappa shape index (κ1) is 11.2. The van der Waals surface area contributed by atoms with Gasteiger partial charge < -0.3 is 10.3 Å². The van der Waals surface area contributed by atoms with Crippen LogP contribution in [-0.4, -0.2) is 9.55 Å². The number of rotatable bonds is 2. The molecule has 1 aromatic heterocycles. The molecule has 86 valence electrons. The van der Waals surface area contributed by atoms with Gasteiger partial charge in [-0.1, -0.05) is 5.92 Å². The van der Waals surface area contributed by atoms with E-state index < -0.39 is 0 Å². The Morgan fingerprint density at radius 2 is 2.29 bits per heavy atom. The molecule has 1 heterocycles. The van der Waals surface area contributed by atoms with Crippen LogP contribution in [0.2, 0.25) is 0 Å². The van der Waals surface area contributed by atoms with Gasteiger partial charge in [0, 0.05) is 5.56 Å². The maximum Gasteiger partial charge on any atom is 0.132 e. The van der Waals surface area contributed by atoms with Crippen molar-refractivity contribution in [2.24, 2.45) is 0 Å². The predicted molar refractivity (Wildman–Crippen MR) is 65.6 cm³/mol. The van der Waals surface area contributed by atoms with Gasteiger partial charge in [-0.05, 0) is 30.7 Å². The molecule has 4 heteroatoms. The number of nitrogens with two attached hydrogens (primary N) is 1. The summed E-state index contributed by atoms with van der Waals surface area (Å²) in [6.07, 6.45) is 6.80. The molecule has 0 bridgehead atoms. The lowest BCUT2D eigenvalue weighted by atomic mass is 10.1. The molecule has 17 heavy (non-hydrogen) atoms. The minimum Gasteiger partial charge on any atom is -0.383 e. The van der Waals surface area contributed by atoms with Gasteiger partial charge in [-0.3, -0.25) is 0 Å². The first-order valence-electron chi connectivity index (χ1n) is 5.14. The Labute approximate surface area is 99.1 Å². The molecule has 0 radical (unpaired) electrons. The molecule has 0 unspecified atom stereocenters. The van der Waals surface area contributed by atoms with Crippen LogP contribution >= 0.6 is 0 Å². The summed E-state index contributed by atoms with van der Waals surface area (Å²) in [6.45, 7) is 2.08. The Kier molecular flexibility index (Phi) is 2.84. The number of anilines is 1. The number of nitrogens with zero attached hydrogens (tertiary/aromatic N) is 2. The zero-order valence-corrected chi connectivity index (χ0v) is 9.44. The fraction of sp³-hybridized carbons (Fsp3) is 0.154. The molecular weight excluding hydrogens is 217 g/mol. The largest absolute Gasteiger partial charge is 0.383 e. The first-order valence-corrected chi connectivity index (χ1v) is 5.14. The third-order valence-electron chi connectivity index (χ3n) is 2.57. The number of imidazole rings is 1. The number of benzene rings is 1. The molecule has 0 atom stereocenters. The van der Waals surface area contributed by atoms with Crippen molar-refractivity contribution in [1.82, 2.24) is 9.55 Å². The zero-order valence-electron chi connectivity index (χ0n) is 9.44. The van der Waals surface area contributed by atoms with Gasteiger partial charge in [0.05, 0.1) is 12.9 Å². The van der Waals surface area contributed by atoms with Crippen molar-refractivity contribution < 1.29 is 4.39 Å². The molecule has 0 amide bonds. The monoisotopic (exact) mass is 229 g/mol. The van der Waals surface area contributed by atoms with E-state index in [9.17, 15) is 4.39 Å². The molecule has 0 aliphatic heterocycles. The normalized spacial score (nSPS) is 10.2. The number of nitrogen functional groups attached to an aromatic ring is 1. The van der Waals surface area contributed by atoms with Crippen LogP contribution in [0.3, 0.4) is 0 Å². The van der Waals surface area contributed by atoms with E-state index in [4.69, 9.17) is 12.2 Å². The molecule has 2 aromatic rings. The van der Waals surface area contributed by atoms with Gasteiger partial charge in [0.15, 0.2) is 0 Å². The number of hydrogen-bond donors (Lipinski definition) is 1.